The number of hydrogen-bond acceptors (Lipinski definition) is 3. The van der Waals surface area contributed by atoms with Crippen molar-refractivity contribution < 1.29 is 4.79 Å². The van der Waals surface area contributed by atoms with Gasteiger partial charge in [0.05, 0.1) is 0 Å². The van der Waals surface area contributed by atoms with E-state index in [1.54, 1.807) is 13.8 Å². The first-order valence-electron chi connectivity index (χ1n) is 4.13. The van der Waals surface area contributed by atoms with Gasteiger partial charge in [0.25, 0.3) is 11.5 Å². The number of carbonyl (C=O) groups is 1. The summed E-state index contributed by atoms with van der Waals surface area (Å²) in [6, 6.07) is -0.0613. The minimum atomic E-state index is -0.688. The first-order chi connectivity index (χ1) is 6.50. The van der Waals surface area contributed by atoms with Crippen molar-refractivity contribution in [1.29, 1.82) is 0 Å². The fourth-order valence-electron chi connectivity index (χ4n) is 0.918. The Hall–Kier alpha value is -1.85. The Morgan fingerprint density at radius 2 is 2.07 bits per heavy atom. The summed E-state index contributed by atoms with van der Waals surface area (Å²) in [4.78, 5) is 37.3. The number of rotatable bonds is 2. The van der Waals surface area contributed by atoms with Crippen molar-refractivity contribution in [1.82, 2.24) is 15.3 Å². The third-order valence-corrected chi connectivity index (χ3v) is 1.48. The van der Waals surface area contributed by atoms with Crippen molar-refractivity contribution in [3.05, 3.63) is 32.6 Å². The Balaban J connectivity index is 3.03. The lowest BCUT2D eigenvalue weighted by atomic mass is 10.3. The van der Waals surface area contributed by atoms with Gasteiger partial charge in [0.15, 0.2) is 0 Å². The number of aromatic nitrogens is 2. The smallest absolute Gasteiger partial charge is 0.325 e. The van der Waals surface area contributed by atoms with Crippen LogP contribution < -0.4 is 16.6 Å². The summed E-state index contributed by atoms with van der Waals surface area (Å²) in [6.45, 7) is 3.55. The van der Waals surface area contributed by atoms with E-state index >= 15 is 0 Å². The Bertz CT molecular complexity index is 444. The van der Waals surface area contributed by atoms with Gasteiger partial charge in [0.1, 0.15) is 5.56 Å². The van der Waals surface area contributed by atoms with E-state index in [-0.39, 0.29) is 11.6 Å². The van der Waals surface area contributed by atoms with Crippen molar-refractivity contribution >= 4 is 5.91 Å². The van der Waals surface area contributed by atoms with Gasteiger partial charge in [-0.25, -0.2) is 4.79 Å². The maximum absolute atomic E-state index is 11.3. The third kappa shape index (κ3) is 2.32. The zero-order valence-corrected chi connectivity index (χ0v) is 7.88. The SMILES string of the molecule is CC(C)NC(=O)c1c[nH]c(=O)[nH]c1=O. The summed E-state index contributed by atoms with van der Waals surface area (Å²) < 4.78 is 0. The van der Waals surface area contributed by atoms with Crippen LogP contribution in [0.2, 0.25) is 0 Å². The van der Waals surface area contributed by atoms with Gasteiger partial charge >= 0.3 is 5.69 Å². The zero-order valence-electron chi connectivity index (χ0n) is 7.88. The van der Waals surface area contributed by atoms with E-state index < -0.39 is 17.2 Å². The van der Waals surface area contributed by atoms with Gasteiger partial charge in [0.2, 0.25) is 0 Å². The molecule has 76 valence electrons. The van der Waals surface area contributed by atoms with Gasteiger partial charge in [-0.1, -0.05) is 0 Å². The molecule has 3 N–H and O–H groups in total. The Labute approximate surface area is 79.4 Å². The second-order valence-electron chi connectivity index (χ2n) is 3.11. The second kappa shape index (κ2) is 3.91. The molecule has 0 spiro atoms. The molecular weight excluding hydrogens is 186 g/mol. The molecule has 0 unspecified atom stereocenters. The predicted octanol–water partition coefficient (Wildman–Crippen LogP) is -0.799. The molecule has 6 nitrogen and oxygen atoms in total. The van der Waals surface area contributed by atoms with E-state index in [4.69, 9.17) is 0 Å². The summed E-state index contributed by atoms with van der Waals surface area (Å²) in [6.07, 6.45) is 1.10. The molecule has 6 heteroatoms. The summed E-state index contributed by atoms with van der Waals surface area (Å²) in [5, 5.41) is 2.54. The quantitative estimate of drug-likeness (QED) is 0.579. The summed E-state index contributed by atoms with van der Waals surface area (Å²) in [7, 11) is 0. The van der Waals surface area contributed by atoms with E-state index in [9.17, 15) is 14.4 Å². The molecule has 0 aromatic carbocycles. The molecule has 0 aliphatic heterocycles. The van der Waals surface area contributed by atoms with Gasteiger partial charge in [-0.05, 0) is 13.8 Å². The van der Waals surface area contributed by atoms with Gasteiger partial charge in [-0.3, -0.25) is 14.6 Å². The lowest BCUT2D eigenvalue weighted by molar-refractivity contribution is 0.0941. The van der Waals surface area contributed by atoms with E-state index in [0.717, 1.165) is 6.20 Å². The number of hydrogen-bond donors (Lipinski definition) is 3. The van der Waals surface area contributed by atoms with Crippen LogP contribution in [0.15, 0.2) is 15.8 Å². The number of carbonyl (C=O) groups excluding carboxylic acids is 1. The van der Waals surface area contributed by atoms with Crippen LogP contribution in [0.1, 0.15) is 24.2 Å². The topological polar surface area (TPSA) is 94.8 Å². The Morgan fingerprint density at radius 1 is 1.43 bits per heavy atom. The van der Waals surface area contributed by atoms with Crippen molar-refractivity contribution in [3.63, 3.8) is 0 Å². The van der Waals surface area contributed by atoms with E-state index in [0.29, 0.717) is 0 Å². The highest BCUT2D eigenvalue weighted by molar-refractivity contribution is 5.93. The van der Waals surface area contributed by atoms with Crippen molar-refractivity contribution in [3.8, 4) is 0 Å². The van der Waals surface area contributed by atoms with Gasteiger partial charge in [0, 0.05) is 12.2 Å². The molecule has 0 atom stereocenters. The number of nitrogens with one attached hydrogen (secondary N) is 3. The second-order valence-corrected chi connectivity index (χ2v) is 3.11. The number of amides is 1. The Morgan fingerprint density at radius 3 is 2.57 bits per heavy atom. The molecule has 14 heavy (non-hydrogen) atoms. The van der Waals surface area contributed by atoms with Crippen LogP contribution >= 0.6 is 0 Å². The molecule has 0 aliphatic rings. The maximum Gasteiger partial charge on any atom is 0.325 e. The molecule has 0 saturated heterocycles. The van der Waals surface area contributed by atoms with Crippen molar-refractivity contribution in [2.24, 2.45) is 0 Å². The van der Waals surface area contributed by atoms with Crippen LogP contribution in [0.4, 0.5) is 0 Å². The highest BCUT2D eigenvalue weighted by Crippen LogP contribution is 1.86. The zero-order chi connectivity index (χ0) is 10.7. The highest BCUT2D eigenvalue weighted by atomic mass is 16.2. The summed E-state index contributed by atoms with van der Waals surface area (Å²) >= 11 is 0. The minimum Gasteiger partial charge on any atom is -0.350 e. The molecule has 0 radical (unpaired) electrons. The van der Waals surface area contributed by atoms with E-state index in [2.05, 4.69) is 10.3 Å². The molecule has 0 bridgehead atoms. The van der Waals surface area contributed by atoms with Crippen LogP contribution in [-0.2, 0) is 0 Å². The van der Waals surface area contributed by atoms with Crippen LogP contribution in [-0.4, -0.2) is 21.9 Å². The average Bonchev–Trinajstić information content (AvgIpc) is 2.01. The molecule has 0 fully saturated rings. The predicted molar refractivity (Wildman–Crippen MR) is 50.3 cm³/mol. The normalized spacial score (nSPS) is 10.2. The fourth-order valence-corrected chi connectivity index (χ4v) is 0.918. The molecule has 1 rings (SSSR count). The first kappa shape index (κ1) is 10.2. The fraction of sp³-hybridized carbons (Fsp3) is 0.375. The van der Waals surface area contributed by atoms with Gasteiger partial charge < -0.3 is 10.3 Å². The van der Waals surface area contributed by atoms with Crippen LogP contribution in [0.3, 0.4) is 0 Å². The molecule has 1 amide bonds. The largest absolute Gasteiger partial charge is 0.350 e. The molecule has 1 aromatic heterocycles. The summed E-state index contributed by atoms with van der Waals surface area (Å²) in [5.41, 5.74) is -1.42. The standard InChI is InChI=1S/C8H11N3O3/c1-4(2)10-6(12)5-3-9-8(14)11-7(5)13/h3-4H,1-2H3,(H,10,12)(H2,9,11,13,14). The molecule has 1 heterocycles. The highest BCUT2D eigenvalue weighted by Gasteiger charge is 2.10. The minimum absolute atomic E-state index is 0.0613. The lowest BCUT2D eigenvalue weighted by Gasteiger charge is -2.06. The van der Waals surface area contributed by atoms with Crippen molar-refractivity contribution in [2.75, 3.05) is 0 Å². The van der Waals surface area contributed by atoms with Crippen LogP contribution in [0.5, 0.6) is 0 Å². The van der Waals surface area contributed by atoms with Crippen molar-refractivity contribution in [2.45, 2.75) is 19.9 Å². The molecular formula is C8H11N3O3. The summed E-state index contributed by atoms with van der Waals surface area (Å²) in [5.74, 6) is -0.502. The van der Waals surface area contributed by atoms with Gasteiger partial charge in [-0.2, -0.15) is 0 Å². The van der Waals surface area contributed by atoms with E-state index in [1.165, 1.54) is 0 Å². The Kier molecular flexibility index (Phi) is 2.85. The number of H-pyrrole nitrogens is 2. The monoisotopic (exact) mass is 197 g/mol. The maximum atomic E-state index is 11.3. The third-order valence-electron chi connectivity index (χ3n) is 1.48. The van der Waals surface area contributed by atoms with Gasteiger partial charge in [-0.15, -0.1) is 0 Å². The first-order valence-corrected chi connectivity index (χ1v) is 4.13. The number of aromatic amines is 2. The molecule has 0 saturated carbocycles. The van der Waals surface area contributed by atoms with E-state index in [1.807, 2.05) is 4.98 Å². The van der Waals surface area contributed by atoms with Crippen LogP contribution in [0, 0.1) is 0 Å². The lowest BCUT2D eigenvalue weighted by Crippen LogP contribution is -2.36. The molecule has 0 aliphatic carbocycles. The molecule has 1 aromatic rings. The average molecular weight is 197 g/mol. The van der Waals surface area contributed by atoms with Crippen LogP contribution in [0.25, 0.3) is 0 Å².